The van der Waals surface area contributed by atoms with Gasteiger partial charge in [-0.25, -0.2) is 0 Å². The third kappa shape index (κ3) is 4.24. The second kappa shape index (κ2) is 7.46. The van der Waals surface area contributed by atoms with E-state index in [1.165, 1.54) is 19.2 Å². The molecule has 1 fully saturated rings. The molecule has 3 rings (SSSR count). The van der Waals surface area contributed by atoms with E-state index in [-0.39, 0.29) is 23.6 Å². The quantitative estimate of drug-likeness (QED) is 0.869. The van der Waals surface area contributed by atoms with Crippen LogP contribution in [-0.4, -0.2) is 35.1 Å². The van der Waals surface area contributed by atoms with Crippen LogP contribution in [0.25, 0.3) is 10.9 Å². The molecule has 1 aliphatic rings. The van der Waals surface area contributed by atoms with E-state index in [1.807, 2.05) is 4.90 Å². The Morgan fingerprint density at radius 2 is 2.07 bits per heavy atom. The molecule has 2 aromatic rings. The molecule has 1 N–H and O–H groups in total. The summed E-state index contributed by atoms with van der Waals surface area (Å²) in [6.07, 6.45) is -2.97. The van der Waals surface area contributed by atoms with Gasteiger partial charge >= 0.3 is 6.18 Å². The number of halogens is 3. The lowest BCUT2D eigenvalue weighted by atomic mass is 9.86. The van der Waals surface area contributed by atoms with Crippen LogP contribution < -0.4 is 4.90 Å². The van der Waals surface area contributed by atoms with E-state index < -0.39 is 17.8 Å². The molecule has 146 valence electrons. The van der Waals surface area contributed by atoms with E-state index in [0.29, 0.717) is 30.1 Å². The summed E-state index contributed by atoms with van der Waals surface area (Å²) in [5, 5.41) is 9.93. The number of carbonyl (C=O) groups excluding carboxylic acids is 1. The Morgan fingerprint density at radius 3 is 2.74 bits per heavy atom. The van der Waals surface area contributed by atoms with Crippen molar-refractivity contribution in [2.24, 2.45) is 11.8 Å². The summed E-state index contributed by atoms with van der Waals surface area (Å²) in [7, 11) is 0. The van der Waals surface area contributed by atoms with Gasteiger partial charge in [0.2, 0.25) is 0 Å². The van der Waals surface area contributed by atoms with Crippen LogP contribution in [0.1, 0.15) is 32.3 Å². The second-order valence-corrected chi connectivity index (χ2v) is 7.49. The molecule has 1 saturated heterocycles. The smallest absolute Gasteiger partial charge is 0.386 e. The van der Waals surface area contributed by atoms with E-state index in [2.05, 4.69) is 11.9 Å². The number of hydrogen-bond acceptors (Lipinski definition) is 4. The Balaban J connectivity index is 1.96. The number of aliphatic hydroxyl groups excluding tert-OH is 1. The minimum absolute atomic E-state index is 0.0580. The van der Waals surface area contributed by atoms with Crippen LogP contribution in [0, 0.1) is 11.8 Å². The number of piperidine rings is 1. The number of nitrogens with zero attached hydrogens (tertiary/aromatic N) is 2. The van der Waals surface area contributed by atoms with Gasteiger partial charge in [-0.15, -0.1) is 0 Å². The second-order valence-electron chi connectivity index (χ2n) is 7.49. The lowest BCUT2D eigenvalue weighted by molar-refractivity contribution is -0.136. The van der Waals surface area contributed by atoms with Crippen molar-refractivity contribution in [1.82, 2.24) is 4.98 Å². The van der Waals surface area contributed by atoms with Gasteiger partial charge in [0, 0.05) is 36.8 Å². The fourth-order valence-electron chi connectivity index (χ4n) is 3.94. The average Bonchev–Trinajstić information content (AvgIpc) is 2.59. The van der Waals surface area contributed by atoms with Crippen molar-refractivity contribution in [3.05, 3.63) is 36.0 Å². The van der Waals surface area contributed by atoms with Gasteiger partial charge in [-0.1, -0.05) is 6.92 Å². The molecule has 1 aromatic heterocycles. The molecule has 0 amide bonds. The van der Waals surface area contributed by atoms with E-state index in [9.17, 15) is 23.1 Å². The molecular weight excluding hydrogens is 357 g/mol. The van der Waals surface area contributed by atoms with Crippen molar-refractivity contribution < 1.29 is 23.1 Å². The van der Waals surface area contributed by atoms with Crippen molar-refractivity contribution in [3.8, 4) is 0 Å². The summed E-state index contributed by atoms with van der Waals surface area (Å²) in [5.74, 6) is 0.150. The third-order valence-corrected chi connectivity index (χ3v) is 5.09. The SMILES string of the molecule is CC(O)C(=O)C[C@@H]1C[C@H](C)CN(c2ccc(C(F)(F)F)c3ncccc23)C1. The van der Waals surface area contributed by atoms with Gasteiger partial charge in [-0.05, 0) is 49.4 Å². The maximum Gasteiger partial charge on any atom is 0.418 e. The number of carbonyl (C=O) groups is 1. The topological polar surface area (TPSA) is 53.4 Å². The maximum absolute atomic E-state index is 13.3. The molecule has 0 bridgehead atoms. The molecule has 0 radical (unpaired) electrons. The van der Waals surface area contributed by atoms with E-state index in [4.69, 9.17) is 0 Å². The van der Waals surface area contributed by atoms with Crippen LogP contribution >= 0.6 is 0 Å². The first-order valence-corrected chi connectivity index (χ1v) is 9.07. The zero-order chi connectivity index (χ0) is 19.8. The number of pyridine rings is 1. The number of aromatic nitrogens is 1. The number of hydrogen-bond donors (Lipinski definition) is 1. The Hall–Kier alpha value is -2.15. The minimum atomic E-state index is -4.47. The van der Waals surface area contributed by atoms with Crippen molar-refractivity contribution in [3.63, 3.8) is 0 Å². The van der Waals surface area contributed by atoms with Gasteiger partial charge in [-0.3, -0.25) is 9.78 Å². The normalized spacial score (nSPS) is 22.1. The first-order valence-electron chi connectivity index (χ1n) is 9.07. The summed E-state index contributed by atoms with van der Waals surface area (Å²) in [6.45, 7) is 4.80. The standard InChI is InChI=1S/C20H23F3N2O2/c1-12-8-14(9-18(27)13(2)26)11-25(10-12)17-6-5-16(20(21,22)23)19-15(17)4-3-7-24-19/h3-7,12-14,26H,8-11H2,1-2H3/t12-,13?,14-/m0/s1. The molecule has 7 heteroatoms. The van der Waals surface area contributed by atoms with Gasteiger partial charge in [-0.2, -0.15) is 13.2 Å². The van der Waals surface area contributed by atoms with Crippen LogP contribution in [-0.2, 0) is 11.0 Å². The molecule has 1 unspecified atom stereocenters. The third-order valence-electron chi connectivity index (χ3n) is 5.09. The summed E-state index contributed by atoms with van der Waals surface area (Å²) < 4.78 is 40.0. The summed E-state index contributed by atoms with van der Waals surface area (Å²) in [5.41, 5.74) is -0.0998. The highest BCUT2D eigenvalue weighted by Crippen LogP contribution is 2.39. The molecule has 3 atom stereocenters. The first-order chi connectivity index (χ1) is 12.7. The minimum Gasteiger partial charge on any atom is -0.386 e. The van der Waals surface area contributed by atoms with E-state index in [0.717, 1.165) is 12.5 Å². The highest BCUT2D eigenvalue weighted by Gasteiger charge is 2.35. The molecule has 27 heavy (non-hydrogen) atoms. The van der Waals surface area contributed by atoms with Crippen LogP contribution in [0.2, 0.25) is 0 Å². The zero-order valence-corrected chi connectivity index (χ0v) is 15.3. The van der Waals surface area contributed by atoms with Crippen LogP contribution in [0.4, 0.5) is 18.9 Å². The van der Waals surface area contributed by atoms with Gasteiger partial charge in [0.1, 0.15) is 6.10 Å². The fourth-order valence-corrected chi connectivity index (χ4v) is 3.94. The van der Waals surface area contributed by atoms with Crippen molar-refractivity contribution >= 4 is 22.4 Å². The molecule has 2 heterocycles. The van der Waals surface area contributed by atoms with Gasteiger partial charge in [0.25, 0.3) is 0 Å². The predicted octanol–water partition coefficient (Wildman–Crippen LogP) is 4.06. The number of benzene rings is 1. The number of alkyl halides is 3. The number of aliphatic hydroxyl groups is 1. The van der Waals surface area contributed by atoms with E-state index >= 15 is 0 Å². The largest absolute Gasteiger partial charge is 0.418 e. The van der Waals surface area contributed by atoms with Crippen LogP contribution in [0.3, 0.4) is 0 Å². The van der Waals surface area contributed by atoms with Crippen LogP contribution in [0.5, 0.6) is 0 Å². The van der Waals surface area contributed by atoms with Gasteiger partial charge in [0.05, 0.1) is 11.1 Å². The number of ketones is 1. The van der Waals surface area contributed by atoms with Crippen molar-refractivity contribution in [1.29, 1.82) is 0 Å². The molecule has 0 aliphatic carbocycles. The van der Waals surface area contributed by atoms with Crippen molar-refractivity contribution in [2.45, 2.75) is 39.0 Å². The highest BCUT2D eigenvalue weighted by atomic mass is 19.4. The monoisotopic (exact) mass is 380 g/mol. The Labute approximate surface area is 156 Å². The van der Waals surface area contributed by atoms with Crippen molar-refractivity contribution in [2.75, 3.05) is 18.0 Å². The number of fused-ring (bicyclic) bond motifs is 1. The Morgan fingerprint density at radius 1 is 1.33 bits per heavy atom. The summed E-state index contributed by atoms with van der Waals surface area (Å²) in [6, 6.07) is 5.87. The predicted molar refractivity (Wildman–Crippen MR) is 97.5 cm³/mol. The maximum atomic E-state index is 13.3. The number of Topliss-reactive ketones (excluding diaryl/α,β-unsaturated/α-hetero) is 1. The number of anilines is 1. The number of rotatable bonds is 4. The summed E-state index contributed by atoms with van der Waals surface area (Å²) in [4.78, 5) is 17.9. The lowest BCUT2D eigenvalue weighted by Gasteiger charge is -2.38. The van der Waals surface area contributed by atoms with E-state index in [1.54, 1.807) is 12.1 Å². The van der Waals surface area contributed by atoms with Crippen LogP contribution in [0.15, 0.2) is 30.5 Å². The first kappa shape index (κ1) is 19.6. The Bertz CT molecular complexity index is 836. The molecule has 0 spiro atoms. The molecule has 4 nitrogen and oxygen atoms in total. The fraction of sp³-hybridized carbons (Fsp3) is 0.500. The van der Waals surface area contributed by atoms with Gasteiger partial charge < -0.3 is 10.0 Å². The Kier molecular flexibility index (Phi) is 5.42. The lowest BCUT2D eigenvalue weighted by Crippen LogP contribution is -2.41. The highest BCUT2D eigenvalue weighted by molar-refractivity contribution is 5.94. The average molecular weight is 380 g/mol. The molecule has 1 aliphatic heterocycles. The molecule has 1 aromatic carbocycles. The summed E-state index contributed by atoms with van der Waals surface area (Å²) >= 11 is 0. The molecule has 0 saturated carbocycles. The zero-order valence-electron chi connectivity index (χ0n) is 15.3. The molecular formula is C20H23F3N2O2. The van der Waals surface area contributed by atoms with Gasteiger partial charge in [0.15, 0.2) is 5.78 Å².